The number of aromatic nitrogens is 4. The second kappa shape index (κ2) is 9.28. The maximum absolute atomic E-state index is 8.02. The van der Waals surface area contributed by atoms with E-state index in [-0.39, 0.29) is 23.7 Å². The van der Waals surface area contributed by atoms with Crippen molar-refractivity contribution in [2.75, 3.05) is 28.4 Å². The number of para-hydroxylation sites is 2. The molecule has 12 heteroatoms. The number of hydrogen-bond acceptors (Lipinski definition) is 8. The molecule has 8 atom stereocenters. The molecule has 8 nitrogen and oxygen atoms in total. The molecule has 0 spiro atoms. The van der Waals surface area contributed by atoms with Gasteiger partial charge in [0.1, 0.15) is 19.5 Å². The monoisotopic (exact) mass is 722 g/mol. The van der Waals surface area contributed by atoms with E-state index >= 15 is 0 Å². The van der Waals surface area contributed by atoms with Crippen LogP contribution in [0.5, 0.6) is 0 Å². The standard InChI is InChI=1S/C36H30Cl4N4O4/c1-45-35(46-2)31(37)19-15-21-22(16-20(19)32(35,38)28-27(31)41-23-11-7-8-12-24(23)42-28)34(40)30-29(33(21,39)36(34,47-3)48-4)43-25-13-17-9-5-6-10-18(17)14-26(25)44-30/h5-14,19-22H,15-16H2,1-4H3/t19-,20+,21+,22-,31-,32+,33+,34-. The van der Waals surface area contributed by atoms with Gasteiger partial charge in [0, 0.05) is 28.4 Å². The van der Waals surface area contributed by atoms with E-state index in [4.69, 9.17) is 85.3 Å². The molecule has 5 aliphatic carbocycles. The average molecular weight is 724 g/mol. The van der Waals surface area contributed by atoms with E-state index in [1.807, 2.05) is 48.5 Å². The molecule has 3 fully saturated rings. The minimum absolute atomic E-state index is 0.289. The van der Waals surface area contributed by atoms with Gasteiger partial charge in [-0.3, -0.25) is 0 Å². The van der Waals surface area contributed by atoms with E-state index in [1.165, 1.54) is 0 Å². The number of methoxy groups -OCH3 is 4. The summed E-state index contributed by atoms with van der Waals surface area (Å²) in [5, 5.41) is 2.10. The van der Waals surface area contributed by atoms with Crippen LogP contribution in [0.3, 0.4) is 0 Å². The minimum Gasteiger partial charge on any atom is -0.349 e. The number of ether oxygens (including phenoxy) is 4. The highest BCUT2D eigenvalue weighted by Gasteiger charge is 2.91. The summed E-state index contributed by atoms with van der Waals surface area (Å²) in [6.07, 6.45) is 0.998. The van der Waals surface area contributed by atoms with E-state index in [9.17, 15) is 0 Å². The van der Waals surface area contributed by atoms with E-state index in [2.05, 4.69) is 12.1 Å². The van der Waals surface area contributed by atoms with Crippen LogP contribution >= 0.6 is 46.4 Å². The lowest BCUT2D eigenvalue weighted by Crippen LogP contribution is -2.54. The van der Waals surface area contributed by atoms with Gasteiger partial charge in [0.05, 0.1) is 44.8 Å². The molecule has 0 radical (unpaired) electrons. The Balaban J connectivity index is 1.22. The van der Waals surface area contributed by atoms with Crippen molar-refractivity contribution in [1.82, 2.24) is 19.9 Å². The van der Waals surface area contributed by atoms with Crippen molar-refractivity contribution < 1.29 is 18.9 Å². The molecule has 0 aliphatic heterocycles. The van der Waals surface area contributed by atoms with Crippen LogP contribution in [0.25, 0.3) is 32.8 Å². The molecule has 2 aromatic heterocycles. The summed E-state index contributed by atoms with van der Waals surface area (Å²) in [4.78, 5) is 15.4. The fraction of sp³-hybridized carbons (Fsp3) is 0.444. The summed E-state index contributed by atoms with van der Waals surface area (Å²) in [6, 6.07) is 19.9. The van der Waals surface area contributed by atoms with Gasteiger partial charge in [-0.25, -0.2) is 19.9 Å². The highest BCUT2D eigenvalue weighted by Crippen LogP contribution is 2.84. The Morgan fingerprint density at radius 2 is 0.771 bits per heavy atom. The summed E-state index contributed by atoms with van der Waals surface area (Å²) in [6.45, 7) is 0. The van der Waals surface area contributed by atoms with Crippen molar-refractivity contribution >= 4 is 79.2 Å². The van der Waals surface area contributed by atoms with Gasteiger partial charge < -0.3 is 18.9 Å². The second-order valence-electron chi connectivity index (χ2n) is 13.8. The quantitative estimate of drug-likeness (QED) is 0.107. The normalized spacial score (nSPS) is 37.6. The Labute approximate surface area is 296 Å². The van der Waals surface area contributed by atoms with Crippen molar-refractivity contribution in [2.45, 2.75) is 43.9 Å². The molecule has 0 unspecified atom stereocenters. The molecule has 4 bridgehead atoms. The Morgan fingerprint density at radius 3 is 1.08 bits per heavy atom. The van der Waals surface area contributed by atoms with Crippen molar-refractivity contribution in [3.05, 3.63) is 83.4 Å². The fourth-order valence-electron chi connectivity index (χ4n) is 10.9. The Hall–Kier alpha value is -2.40. The lowest BCUT2D eigenvalue weighted by molar-refractivity contribution is -0.241. The Morgan fingerprint density at radius 1 is 0.479 bits per heavy atom. The Bertz CT molecular complexity index is 2100. The van der Waals surface area contributed by atoms with Crippen LogP contribution in [0, 0.1) is 23.7 Å². The number of fused-ring (bicyclic) bond motifs is 19. The lowest BCUT2D eigenvalue weighted by atomic mass is 9.59. The van der Waals surface area contributed by atoms with Gasteiger partial charge in [-0.05, 0) is 71.6 Å². The molecule has 2 heterocycles. The molecule has 0 amide bonds. The van der Waals surface area contributed by atoms with Gasteiger partial charge in [-0.15, -0.1) is 46.4 Å². The third kappa shape index (κ3) is 2.82. The summed E-state index contributed by atoms with van der Waals surface area (Å²) in [7, 11) is 6.33. The van der Waals surface area contributed by atoms with Crippen LogP contribution in [0.4, 0.5) is 0 Å². The van der Waals surface area contributed by atoms with Crippen LogP contribution in [0.2, 0.25) is 0 Å². The molecule has 0 saturated heterocycles. The molecule has 48 heavy (non-hydrogen) atoms. The maximum atomic E-state index is 8.02. The molecular formula is C36H30Cl4N4O4. The first kappa shape index (κ1) is 30.4. The predicted octanol–water partition coefficient (Wildman–Crippen LogP) is 7.45. The third-order valence-corrected chi connectivity index (χ3v) is 15.4. The molecule has 0 N–H and O–H groups in total. The summed E-state index contributed by atoms with van der Waals surface area (Å²) >= 11 is 31.9. The highest BCUT2D eigenvalue weighted by molar-refractivity contribution is 6.34. The number of benzene rings is 3. The van der Waals surface area contributed by atoms with Crippen LogP contribution in [0.1, 0.15) is 35.6 Å². The Kier molecular flexibility index (Phi) is 5.88. The first-order valence-electron chi connectivity index (χ1n) is 16.0. The molecular weight excluding hydrogens is 694 g/mol. The highest BCUT2D eigenvalue weighted by atomic mass is 35.5. The second-order valence-corrected chi connectivity index (χ2v) is 16.2. The first-order chi connectivity index (χ1) is 23.1. The van der Waals surface area contributed by atoms with E-state index in [0.717, 1.165) is 10.8 Å². The summed E-state index contributed by atoms with van der Waals surface area (Å²) in [5.41, 5.74) is 5.12. The zero-order valence-corrected chi connectivity index (χ0v) is 29.5. The third-order valence-electron chi connectivity index (χ3n) is 12.6. The molecule has 246 valence electrons. The van der Waals surface area contributed by atoms with Crippen LogP contribution in [0.15, 0.2) is 60.7 Å². The topological polar surface area (TPSA) is 88.5 Å². The predicted molar refractivity (Wildman–Crippen MR) is 183 cm³/mol. The van der Waals surface area contributed by atoms with Crippen molar-refractivity contribution in [1.29, 1.82) is 0 Å². The zero-order valence-electron chi connectivity index (χ0n) is 26.4. The SMILES string of the molecule is COC1(OC)[C@@]2(Cl)c3nc4ccccc4nc3[C@]1(Cl)[C@@H]1C[C@H]3[C@@H](C[C@@H]12)[C@@]1(Cl)c2nc4cc5ccccc5cc4nc2[C@]3(Cl)C1(OC)OC. The number of rotatable bonds is 4. The summed E-state index contributed by atoms with van der Waals surface area (Å²) in [5.74, 6) is -4.14. The van der Waals surface area contributed by atoms with Gasteiger partial charge >= 0.3 is 0 Å². The number of alkyl halides is 4. The van der Waals surface area contributed by atoms with E-state index in [1.54, 1.807) is 28.4 Å². The van der Waals surface area contributed by atoms with Crippen molar-refractivity contribution in [3.8, 4) is 0 Å². The van der Waals surface area contributed by atoms with Crippen molar-refractivity contribution in [3.63, 3.8) is 0 Å². The largest absolute Gasteiger partial charge is 0.349 e. The van der Waals surface area contributed by atoms with Crippen LogP contribution in [-0.2, 0) is 38.4 Å². The van der Waals surface area contributed by atoms with Gasteiger partial charge in [0.25, 0.3) is 0 Å². The molecule has 3 saturated carbocycles. The van der Waals surface area contributed by atoms with E-state index < -0.39 is 31.1 Å². The summed E-state index contributed by atoms with van der Waals surface area (Å²) < 4.78 is 25.3. The zero-order chi connectivity index (χ0) is 33.2. The number of halogens is 4. The van der Waals surface area contributed by atoms with Crippen LogP contribution < -0.4 is 0 Å². The minimum atomic E-state index is -1.49. The first-order valence-corrected chi connectivity index (χ1v) is 17.5. The fourth-order valence-corrected chi connectivity index (χ4v) is 13.7. The molecule has 5 aliphatic rings. The average Bonchev–Trinajstić information content (AvgIpc) is 3.55. The molecule has 3 aromatic carbocycles. The van der Waals surface area contributed by atoms with Crippen molar-refractivity contribution in [2.24, 2.45) is 23.7 Å². The van der Waals surface area contributed by atoms with Gasteiger partial charge in [-0.1, -0.05) is 36.4 Å². The molecule has 5 aromatic rings. The van der Waals surface area contributed by atoms with Crippen LogP contribution in [-0.4, -0.2) is 59.9 Å². The lowest BCUT2D eigenvalue weighted by Gasteiger charge is -2.49. The number of hydrogen-bond donors (Lipinski definition) is 0. The maximum Gasteiger partial charge on any atom is 0.219 e. The van der Waals surface area contributed by atoms with E-state index in [0.29, 0.717) is 57.7 Å². The molecule has 10 rings (SSSR count). The number of nitrogens with zero attached hydrogens (tertiary/aromatic N) is 4. The van der Waals surface area contributed by atoms with Gasteiger partial charge in [0.2, 0.25) is 11.6 Å². The van der Waals surface area contributed by atoms with Gasteiger partial charge in [-0.2, -0.15) is 0 Å². The smallest absolute Gasteiger partial charge is 0.219 e. The van der Waals surface area contributed by atoms with Gasteiger partial charge in [0.15, 0.2) is 0 Å².